The van der Waals surface area contributed by atoms with Crippen LogP contribution in [0.3, 0.4) is 0 Å². The van der Waals surface area contributed by atoms with Crippen molar-refractivity contribution in [3.05, 3.63) is 11.1 Å². The van der Waals surface area contributed by atoms with E-state index in [1.807, 2.05) is 0 Å². The van der Waals surface area contributed by atoms with Gasteiger partial charge in [0.1, 0.15) is 0 Å². The normalized spacial score (nSPS) is 12.4. The number of hydrogen-bond acceptors (Lipinski definition) is 5. The fourth-order valence-corrected chi connectivity index (χ4v) is 1.46. The lowest BCUT2D eigenvalue weighted by Gasteiger charge is -2.05. The predicted molar refractivity (Wildman–Crippen MR) is 54.9 cm³/mol. The molecule has 0 aliphatic rings. The molecular weight excluding hydrogens is 202 g/mol. The molecule has 1 atom stereocenters. The summed E-state index contributed by atoms with van der Waals surface area (Å²) < 4.78 is 0. The lowest BCUT2D eigenvalue weighted by atomic mass is 10.3. The van der Waals surface area contributed by atoms with Crippen molar-refractivity contribution in [3.8, 4) is 0 Å². The summed E-state index contributed by atoms with van der Waals surface area (Å²) >= 11 is 1.31. The largest absolute Gasteiger partial charge is 0.392 e. The van der Waals surface area contributed by atoms with Gasteiger partial charge in [-0.1, -0.05) is 0 Å². The Morgan fingerprint density at radius 3 is 3.07 bits per heavy atom. The van der Waals surface area contributed by atoms with Gasteiger partial charge in [0, 0.05) is 11.9 Å². The Labute approximate surface area is 86.0 Å². The second-order valence-electron chi connectivity index (χ2n) is 3.01. The standard InChI is InChI=1S/C8H13N3O2S/c1-5(12)3-10-7(13)2-6-4-14-8(9)11-6/h4-5,12H,2-3H2,1H3,(H2,9,11)(H,10,13)/t5-/m0/s1. The van der Waals surface area contributed by atoms with Gasteiger partial charge in [0.25, 0.3) is 0 Å². The van der Waals surface area contributed by atoms with Crippen LogP contribution in [0.1, 0.15) is 12.6 Å². The molecule has 1 aromatic heterocycles. The van der Waals surface area contributed by atoms with E-state index in [0.717, 1.165) is 0 Å². The smallest absolute Gasteiger partial charge is 0.226 e. The number of nitrogens with two attached hydrogens (primary N) is 1. The van der Waals surface area contributed by atoms with Crippen molar-refractivity contribution >= 4 is 22.4 Å². The molecular formula is C8H13N3O2S. The van der Waals surface area contributed by atoms with Gasteiger partial charge in [-0.05, 0) is 6.92 Å². The summed E-state index contributed by atoms with van der Waals surface area (Å²) in [5.41, 5.74) is 6.07. The van der Waals surface area contributed by atoms with Gasteiger partial charge in [-0.2, -0.15) is 0 Å². The minimum Gasteiger partial charge on any atom is -0.392 e. The lowest BCUT2D eigenvalue weighted by Crippen LogP contribution is -2.31. The minimum atomic E-state index is -0.528. The topological polar surface area (TPSA) is 88.2 Å². The zero-order valence-electron chi connectivity index (χ0n) is 7.86. The molecule has 0 spiro atoms. The highest BCUT2D eigenvalue weighted by Crippen LogP contribution is 2.10. The number of anilines is 1. The van der Waals surface area contributed by atoms with Crippen LogP contribution < -0.4 is 11.1 Å². The van der Waals surface area contributed by atoms with Gasteiger partial charge >= 0.3 is 0 Å². The Kier molecular flexibility index (Phi) is 3.84. The number of aromatic nitrogens is 1. The van der Waals surface area contributed by atoms with Crippen molar-refractivity contribution in [2.75, 3.05) is 12.3 Å². The molecule has 0 aliphatic carbocycles. The summed E-state index contributed by atoms with van der Waals surface area (Å²) in [7, 11) is 0. The number of carbonyl (C=O) groups excluding carboxylic acids is 1. The first-order valence-corrected chi connectivity index (χ1v) is 5.10. The Hall–Kier alpha value is -1.14. The van der Waals surface area contributed by atoms with Crippen LogP contribution in [-0.4, -0.2) is 28.6 Å². The Bertz CT molecular complexity index is 311. The van der Waals surface area contributed by atoms with Crippen LogP contribution in [0, 0.1) is 0 Å². The van der Waals surface area contributed by atoms with Crippen molar-refractivity contribution in [2.24, 2.45) is 0 Å². The predicted octanol–water partition coefficient (Wildman–Crippen LogP) is -0.235. The van der Waals surface area contributed by atoms with E-state index in [4.69, 9.17) is 10.8 Å². The molecule has 78 valence electrons. The van der Waals surface area contributed by atoms with Crippen molar-refractivity contribution in [1.82, 2.24) is 10.3 Å². The van der Waals surface area contributed by atoms with Crippen molar-refractivity contribution in [3.63, 3.8) is 0 Å². The monoisotopic (exact) mass is 215 g/mol. The molecule has 5 nitrogen and oxygen atoms in total. The van der Waals surface area contributed by atoms with Gasteiger partial charge in [0.15, 0.2) is 5.13 Å². The summed E-state index contributed by atoms with van der Waals surface area (Å²) in [4.78, 5) is 15.2. The van der Waals surface area contributed by atoms with E-state index in [9.17, 15) is 4.79 Å². The second kappa shape index (κ2) is 4.92. The third kappa shape index (κ3) is 3.71. The number of amides is 1. The number of aliphatic hydroxyl groups excluding tert-OH is 1. The summed E-state index contributed by atoms with van der Waals surface area (Å²) in [6.07, 6.45) is -0.320. The van der Waals surface area contributed by atoms with Crippen molar-refractivity contribution in [1.29, 1.82) is 0 Å². The highest BCUT2D eigenvalue weighted by Gasteiger charge is 2.06. The van der Waals surface area contributed by atoms with Gasteiger partial charge < -0.3 is 16.2 Å². The van der Waals surface area contributed by atoms with E-state index < -0.39 is 6.10 Å². The van der Waals surface area contributed by atoms with E-state index in [1.54, 1.807) is 12.3 Å². The zero-order valence-corrected chi connectivity index (χ0v) is 8.67. The Morgan fingerprint density at radius 1 is 1.86 bits per heavy atom. The SMILES string of the molecule is C[C@H](O)CNC(=O)Cc1csc(N)n1. The van der Waals surface area contributed by atoms with Crippen LogP contribution in [0.2, 0.25) is 0 Å². The van der Waals surface area contributed by atoms with Gasteiger partial charge in [-0.25, -0.2) is 4.98 Å². The molecule has 1 rings (SSSR count). The highest BCUT2D eigenvalue weighted by atomic mass is 32.1. The molecule has 0 unspecified atom stereocenters. The number of carbonyl (C=O) groups is 1. The first-order valence-electron chi connectivity index (χ1n) is 4.22. The summed E-state index contributed by atoms with van der Waals surface area (Å²) in [6, 6.07) is 0. The van der Waals surface area contributed by atoms with Crippen LogP contribution >= 0.6 is 11.3 Å². The van der Waals surface area contributed by atoms with E-state index in [0.29, 0.717) is 10.8 Å². The summed E-state index contributed by atoms with van der Waals surface area (Å²) in [5, 5.41) is 13.7. The lowest BCUT2D eigenvalue weighted by molar-refractivity contribution is -0.120. The molecule has 14 heavy (non-hydrogen) atoms. The molecule has 4 N–H and O–H groups in total. The van der Waals surface area contributed by atoms with Crippen molar-refractivity contribution < 1.29 is 9.90 Å². The number of rotatable bonds is 4. The zero-order chi connectivity index (χ0) is 10.6. The second-order valence-corrected chi connectivity index (χ2v) is 3.90. The Morgan fingerprint density at radius 2 is 2.57 bits per heavy atom. The third-order valence-electron chi connectivity index (χ3n) is 1.51. The number of thiazole rings is 1. The van der Waals surface area contributed by atoms with Crippen LogP contribution in [0.25, 0.3) is 0 Å². The molecule has 1 heterocycles. The molecule has 0 radical (unpaired) electrons. The molecule has 0 saturated carbocycles. The Balaban J connectivity index is 2.34. The minimum absolute atomic E-state index is 0.156. The molecule has 1 aromatic rings. The number of nitrogen functional groups attached to an aromatic ring is 1. The summed E-state index contributed by atoms with van der Waals surface area (Å²) in [5.74, 6) is -0.156. The average molecular weight is 215 g/mol. The quantitative estimate of drug-likeness (QED) is 0.647. The third-order valence-corrected chi connectivity index (χ3v) is 2.23. The first kappa shape index (κ1) is 10.9. The molecule has 1 amide bonds. The maximum atomic E-state index is 11.2. The summed E-state index contributed by atoms with van der Waals surface area (Å²) in [6.45, 7) is 1.87. The maximum Gasteiger partial charge on any atom is 0.226 e. The number of hydrogen-bond donors (Lipinski definition) is 3. The van der Waals surface area contributed by atoms with Gasteiger partial charge in [0.05, 0.1) is 18.2 Å². The van der Waals surface area contributed by atoms with Crippen molar-refractivity contribution in [2.45, 2.75) is 19.4 Å². The van der Waals surface area contributed by atoms with Gasteiger partial charge in [-0.15, -0.1) is 11.3 Å². The molecule has 0 saturated heterocycles. The molecule has 6 heteroatoms. The highest BCUT2D eigenvalue weighted by molar-refractivity contribution is 7.13. The van der Waals surface area contributed by atoms with E-state index in [2.05, 4.69) is 10.3 Å². The number of nitrogens with zero attached hydrogens (tertiary/aromatic N) is 1. The average Bonchev–Trinajstić information content (AvgIpc) is 2.48. The van der Waals surface area contributed by atoms with E-state index >= 15 is 0 Å². The number of aliphatic hydroxyl groups is 1. The van der Waals surface area contributed by atoms with Crippen LogP contribution in [-0.2, 0) is 11.2 Å². The number of nitrogens with one attached hydrogen (secondary N) is 1. The first-order chi connectivity index (χ1) is 6.58. The molecule has 0 fully saturated rings. The van der Waals surface area contributed by atoms with Crippen LogP contribution in [0.5, 0.6) is 0 Å². The molecule has 0 aliphatic heterocycles. The van der Waals surface area contributed by atoms with Crippen LogP contribution in [0.15, 0.2) is 5.38 Å². The van der Waals surface area contributed by atoms with Gasteiger partial charge in [0.2, 0.25) is 5.91 Å². The molecule has 0 bridgehead atoms. The van der Waals surface area contributed by atoms with E-state index in [-0.39, 0.29) is 18.9 Å². The molecule has 0 aromatic carbocycles. The van der Waals surface area contributed by atoms with E-state index in [1.165, 1.54) is 11.3 Å². The fourth-order valence-electron chi connectivity index (χ4n) is 0.892. The van der Waals surface area contributed by atoms with Gasteiger partial charge in [-0.3, -0.25) is 4.79 Å². The van der Waals surface area contributed by atoms with Crippen LogP contribution in [0.4, 0.5) is 5.13 Å². The fraction of sp³-hybridized carbons (Fsp3) is 0.500. The maximum absolute atomic E-state index is 11.2.